The van der Waals surface area contributed by atoms with Gasteiger partial charge in [0.1, 0.15) is 11.5 Å². The van der Waals surface area contributed by atoms with E-state index < -0.39 is 0 Å². The minimum absolute atomic E-state index is 0.589. The highest BCUT2D eigenvalue weighted by molar-refractivity contribution is 5.22. The number of fused-ring (bicyclic) bond motifs is 3. The highest BCUT2D eigenvalue weighted by Crippen LogP contribution is 2.43. The second-order valence-corrected chi connectivity index (χ2v) is 10.8. The molecule has 1 saturated carbocycles. The molecule has 1 aliphatic carbocycles. The summed E-state index contributed by atoms with van der Waals surface area (Å²) in [6.07, 6.45) is 12.9. The number of piperidine rings is 3. The molecule has 4 atom stereocenters. The van der Waals surface area contributed by atoms with Crippen LogP contribution >= 0.6 is 0 Å². The summed E-state index contributed by atoms with van der Waals surface area (Å²) >= 11 is 0. The summed E-state index contributed by atoms with van der Waals surface area (Å²) in [7, 11) is 2.17. The Morgan fingerprint density at radius 3 is 2.35 bits per heavy atom. The van der Waals surface area contributed by atoms with Crippen molar-refractivity contribution in [2.75, 3.05) is 19.6 Å². The predicted molar refractivity (Wildman–Crippen MR) is 131 cm³/mol. The van der Waals surface area contributed by atoms with E-state index in [9.17, 15) is 0 Å². The van der Waals surface area contributed by atoms with E-state index >= 15 is 0 Å². The quantitative estimate of drug-likeness (QED) is 0.440. The van der Waals surface area contributed by atoms with Crippen LogP contribution in [0.4, 0.5) is 0 Å². The van der Waals surface area contributed by atoms with Gasteiger partial charge in [-0.2, -0.15) is 5.10 Å². The molecular weight excluding hydrogens is 424 g/mol. The van der Waals surface area contributed by atoms with Crippen LogP contribution in [0.3, 0.4) is 0 Å². The molecule has 6 nitrogen and oxygen atoms in total. The molecule has 3 aromatic rings. The molecule has 3 aliphatic heterocycles. The number of hydrogen-bond acceptors (Lipinski definition) is 5. The van der Waals surface area contributed by atoms with Crippen molar-refractivity contribution >= 4 is 0 Å². The lowest BCUT2D eigenvalue weighted by molar-refractivity contribution is 0.00571. The Labute approximate surface area is 202 Å². The molecule has 6 heteroatoms. The van der Waals surface area contributed by atoms with Gasteiger partial charge in [-0.3, -0.25) is 14.5 Å². The Morgan fingerprint density at radius 2 is 1.74 bits per heavy atom. The number of furan rings is 2. The van der Waals surface area contributed by atoms with Crippen LogP contribution in [-0.2, 0) is 20.1 Å². The zero-order valence-corrected chi connectivity index (χ0v) is 20.4. The molecule has 2 bridgehead atoms. The Bertz CT molecular complexity index is 999. The summed E-state index contributed by atoms with van der Waals surface area (Å²) in [5.41, 5.74) is 2.82. The number of nitrogens with zero attached hydrogens (tertiary/aromatic N) is 4. The standard InChI is InChI=1S/C28H38N4O2/c1-30-28(16-27(29-30)21-7-3-2-4-8-21)26-20-32-12-11-22(26)15-23(32)17-31(18-24-9-5-13-33-24)19-25-10-6-14-34-25/h5-6,9-10,13-14,16,21-23,26H,2-4,7-8,11-12,15,17-20H2,1H3. The van der Waals surface area contributed by atoms with E-state index in [2.05, 4.69) is 39.7 Å². The first-order chi connectivity index (χ1) is 16.7. The molecule has 0 N–H and O–H groups in total. The Kier molecular flexibility index (Phi) is 6.35. The van der Waals surface area contributed by atoms with Gasteiger partial charge >= 0.3 is 0 Å². The topological polar surface area (TPSA) is 50.6 Å². The summed E-state index contributed by atoms with van der Waals surface area (Å²) in [6.45, 7) is 5.06. The van der Waals surface area contributed by atoms with Gasteiger partial charge in [0, 0.05) is 43.7 Å². The Morgan fingerprint density at radius 1 is 1.00 bits per heavy atom. The van der Waals surface area contributed by atoms with Crippen molar-refractivity contribution in [2.45, 2.75) is 75.9 Å². The van der Waals surface area contributed by atoms with Gasteiger partial charge in [0.05, 0.1) is 31.3 Å². The molecule has 6 heterocycles. The van der Waals surface area contributed by atoms with E-state index in [-0.39, 0.29) is 0 Å². The average molecular weight is 463 g/mol. The fraction of sp³-hybridized carbons (Fsp3) is 0.607. The van der Waals surface area contributed by atoms with Crippen LogP contribution in [0.2, 0.25) is 0 Å². The first-order valence-corrected chi connectivity index (χ1v) is 13.3. The van der Waals surface area contributed by atoms with Crippen LogP contribution in [0.15, 0.2) is 51.7 Å². The largest absolute Gasteiger partial charge is 0.468 e. The SMILES string of the molecule is Cn1nc(C2CCCCC2)cc1C1CN2CCC1CC2CN(Cc1ccco1)Cc1ccco1. The van der Waals surface area contributed by atoms with Crippen LogP contribution in [0.25, 0.3) is 0 Å². The van der Waals surface area contributed by atoms with Gasteiger partial charge in [0.15, 0.2) is 0 Å². The third-order valence-corrected chi connectivity index (χ3v) is 8.60. The lowest BCUT2D eigenvalue weighted by Crippen LogP contribution is -2.56. The maximum atomic E-state index is 5.68. The summed E-state index contributed by atoms with van der Waals surface area (Å²) in [4.78, 5) is 5.23. The first kappa shape index (κ1) is 22.2. The maximum absolute atomic E-state index is 5.68. The fourth-order valence-electron chi connectivity index (χ4n) is 6.84. The van der Waals surface area contributed by atoms with Crippen molar-refractivity contribution in [3.05, 3.63) is 65.8 Å². The summed E-state index contributed by atoms with van der Waals surface area (Å²) in [5.74, 6) is 4.08. The second kappa shape index (κ2) is 9.74. The molecular formula is C28H38N4O2. The average Bonchev–Trinajstić information content (AvgIpc) is 3.63. The van der Waals surface area contributed by atoms with E-state index in [1.807, 2.05) is 12.1 Å². The zero-order valence-electron chi connectivity index (χ0n) is 20.4. The molecule has 4 aliphatic rings. The third kappa shape index (κ3) is 4.63. The van der Waals surface area contributed by atoms with Crippen molar-refractivity contribution in [2.24, 2.45) is 13.0 Å². The van der Waals surface area contributed by atoms with E-state index in [0.29, 0.717) is 17.9 Å². The van der Waals surface area contributed by atoms with E-state index in [1.54, 1.807) is 12.5 Å². The molecule has 34 heavy (non-hydrogen) atoms. The minimum atomic E-state index is 0.589. The lowest BCUT2D eigenvalue weighted by Gasteiger charge is -2.50. The van der Waals surface area contributed by atoms with Gasteiger partial charge in [-0.25, -0.2) is 0 Å². The van der Waals surface area contributed by atoms with Crippen LogP contribution in [0.1, 0.15) is 79.7 Å². The van der Waals surface area contributed by atoms with Crippen molar-refractivity contribution in [3.8, 4) is 0 Å². The molecule has 3 aromatic heterocycles. The fourth-order valence-corrected chi connectivity index (χ4v) is 6.84. The maximum Gasteiger partial charge on any atom is 0.117 e. The molecule has 0 aromatic carbocycles. The molecule has 0 amide bonds. The number of aromatic nitrogens is 2. The van der Waals surface area contributed by atoms with Gasteiger partial charge in [0.2, 0.25) is 0 Å². The van der Waals surface area contributed by atoms with Crippen molar-refractivity contribution < 1.29 is 8.83 Å². The van der Waals surface area contributed by atoms with Gasteiger partial charge in [-0.05, 0) is 68.5 Å². The molecule has 7 rings (SSSR count). The highest BCUT2D eigenvalue weighted by atomic mass is 16.3. The van der Waals surface area contributed by atoms with Gasteiger partial charge in [0.25, 0.3) is 0 Å². The van der Waals surface area contributed by atoms with Crippen LogP contribution in [-0.4, -0.2) is 45.3 Å². The Hall–Kier alpha value is -2.31. The number of hydrogen-bond donors (Lipinski definition) is 0. The first-order valence-electron chi connectivity index (χ1n) is 13.3. The lowest BCUT2D eigenvalue weighted by atomic mass is 9.73. The molecule has 0 radical (unpaired) electrons. The van der Waals surface area contributed by atoms with Crippen molar-refractivity contribution in [3.63, 3.8) is 0 Å². The molecule has 182 valence electrons. The monoisotopic (exact) mass is 462 g/mol. The van der Waals surface area contributed by atoms with Crippen LogP contribution < -0.4 is 0 Å². The molecule has 4 unspecified atom stereocenters. The van der Waals surface area contributed by atoms with Gasteiger partial charge in [-0.15, -0.1) is 0 Å². The molecule has 0 spiro atoms. The number of aryl methyl sites for hydroxylation is 1. The van der Waals surface area contributed by atoms with Crippen LogP contribution in [0.5, 0.6) is 0 Å². The zero-order chi connectivity index (χ0) is 22.9. The van der Waals surface area contributed by atoms with Gasteiger partial charge < -0.3 is 8.83 Å². The number of rotatable bonds is 8. The molecule has 3 saturated heterocycles. The van der Waals surface area contributed by atoms with E-state index in [0.717, 1.165) is 43.6 Å². The summed E-state index contributed by atoms with van der Waals surface area (Å²) in [6, 6.07) is 11.2. The van der Waals surface area contributed by atoms with Crippen molar-refractivity contribution in [1.29, 1.82) is 0 Å². The van der Waals surface area contributed by atoms with Crippen LogP contribution in [0, 0.1) is 5.92 Å². The minimum Gasteiger partial charge on any atom is -0.468 e. The smallest absolute Gasteiger partial charge is 0.117 e. The Balaban J connectivity index is 1.14. The highest BCUT2D eigenvalue weighted by Gasteiger charge is 2.42. The second-order valence-electron chi connectivity index (χ2n) is 10.8. The van der Waals surface area contributed by atoms with Gasteiger partial charge in [-0.1, -0.05) is 19.3 Å². The van der Waals surface area contributed by atoms with E-state index in [4.69, 9.17) is 13.9 Å². The molecule has 4 fully saturated rings. The predicted octanol–water partition coefficient (Wildman–Crippen LogP) is 5.53. The van der Waals surface area contributed by atoms with E-state index in [1.165, 1.54) is 62.9 Å². The summed E-state index contributed by atoms with van der Waals surface area (Å²) < 4.78 is 13.6. The van der Waals surface area contributed by atoms with Crippen molar-refractivity contribution in [1.82, 2.24) is 19.6 Å². The normalized spacial score (nSPS) is 27.6. The third-order valence-electron chi connectivity index (χ3n) is 8.60. The summed E-state index contributed by atoms with van der Waals surface area (Å²) in [5, 5.41) is 5.01.